The van der Waals surface area contributed by atoms with Crippen LogP contribution in [0, 0.1) is 0 Å². The Morgan fingerprint density at radius 2 is 1.72 bits per heavy atom. The minimum absolute atomic E-state index is 0.329. The van der Waals surface area contributed by atoms with Crippen LogP contribution in [0.15, 0.2) is 60.7 Å². The lowest BCUT2D eigenvalue weighted by molar-refractivity contribution is -0.146. The number of rotatable bonds is 17. The largest absolute Gasteiger partial charge is 0.480 e. The summed E-state index contributed by atoms with van der Waals surface area (Å²) in [5.41, 5.74) is 7.22. The van der Waals surface area contributed by atoms with Gasteiger partial charge in [0.25, 0.3) is 5.91 Å². The van der Waals surface area contributed by atoms with Crippen LogP contribution >= 0.6 is 0 Å². The van der Waals surface area contributed by atoms with Crippen LogP contribution in [-0.2, 0) is 19.1 Å². The Kier molecular flexibility index (Phi) is 12.6. The van der Waals surface area contributed by atoms with Gasteiger partial charge >= 0.3 is 5.97 Å². The first-order valence-corrected chi connectivity index (χ1v) is 12.3. The highest BCUT2D eigenvalue weighted by Gasteiger charge is 2.31. The Morgan fingerprint density at radius 1 is 1.08 bits per heavy atom. The second-order valence-electron chi connectivity index (χ2n) is 8.49. The van der Waals surface area contributed by atoms with E-state index in [0.717, 1.165) is 18.3 Å². The molecule has 3 atom stereocenters. The normalized spacial score (nSPS) is 13.4. The van der Waals surface area contributed by atoms with E-state index < -0.39 is 36.6 Å². The van der Waals surface area contributed by atoms with E-state index in [2.05, 4.69) is 5.32 Å². The van der Waals surface area contributed by atoms with Gasteiger partial charge < -0.3 is 20.4 Å². The number of carbonyl (C=O) groups excluding carboxylic acids is 2. The Hall–Kier alpha value is -3.27. The van der Waals surface area contributed by atoms with Gasteiger partial charge in [-0.15, -0.1) is 0 Å². The van der Waals surface area contributed by atoms with Crippen LogP contribution in [0.1, 0.15) is 44.1 Å². The second kappa shape index (κ2) is 15.7. The van der Waals surface area contributed by atoms with E-state index in [1.54, 1.807) is 24.2 Å². The van der Waals surface area contributed by atoms with Crippen molar-refractivity contribution in [3.63, 3.8) is 0 Å². The van der Waals surface area contributed by atoms with E-state index in [1.807, 2.05) is 55.5 Å². The van der Waals surface area contributed by atoms with Gasteiger partial charge in [0, 0.05) is 26.0 Å². The van der Waals surface area contributed by atoms with E-state index in [9.17, 15) is 19.5 Å². The average Bonchev–Trinajstić information content (AvgIpc) is 2.90. The molecular formula is C27H38N4O5. The third-order valence-corrected chi connectivity index (χ3v) is 5.89. The fourth-order valence-corrected chi connectivity index (χ4v) is 4.00. The Morgan fingerprint density at radius 3 is 2.28 bits per heavy atom. The lowest BCUT2D eigenvalue weighted by Gasteiger charge is -2.36. The number of hydrazine groups is 1. The summed E-state index contributed by atoms with van der Waals surface area (Å²) in [5.74, 6) is -1.94. The van der Waals surface area contributed by atoms with Crippen molar-refractivity contribution in [2.75, 3.05) is 31.8 Å². The smallest absolute Gasteiger partial charge is 0.325 e. The number of benzene rings is 2. The minimum atomic E-state index is -1.13. The van der Waals surface area contributed by atoms with E-state index >= 15 is 0 Å². The maximum absolute atomic E-state index is 13.8. The number of nitrogens with one attached hydrogen (secondary N) is 1. The molecule has 4 N–H and O–H groups in total. The van der Waals surface area contributed by atoms with Gasteiger partial charge in [-0.1, -0.05) is 55.0 Å². The van der Waals surface area contributed by atoms with Crippen molar-refractivity contribution in [3.05, 3.63) is 66.2 Å². The minimum Gasteiger partial charge on any atom is -0.480 e. The lowest BCUT2D eigenvalue weighted by atomic mass is 9.96. The molecule has 0 aliphatic heterocycles. The zero-order valence-electron chi connectivity index (χ0n) is 21.1. The van der Waals surface area contributed by atoms with E-state index in [4.69, 9.17) is 10.5 Å². The number of hydrogen-bond donors (Lipinski definition) is 3. The standard InChI is InChI=1S/C27H38N4O5/c1-3-36-25(18-22(20-32)21-12-6-4-7-13-21)29-24(16-10-11-17-28)27(35)31(19-26(33)34)30(2)23-14-8-5-9-15-23/h4-9,12-15,20,22,24-25,29H,3,10-11,16-19,28H2,1-2H3,(H,33,34)/t22?,24-,25-/m0/s1. The predicted molar refractivity (Wildman–Crippen MR) is 139 cm³/mol. The van der Waals surface area contributed by atoms with Crippen molar-refractivity contribution in [3.8, 4) is 0 Å². The summed E-state index contributed by atoms with van der Waals surface area (Å²) in [5, 5.41) is 15.6. The van der Waals surface area contributed by atoms with Crippen LogP contribution in [0.4, 0.5) is 5.69 Å². The highest BCUT2D eigenvalue weighted by molar-refractivity contribution is 5.86. The van der Waals surface area contributed by atoms with Gasteiger partial charge in [-0.3, -0.25) is 19.9 Å². The maximum Gasteiger partial charge on any atom is 0.325 e. The Labute approximate surface area is 213 Å². The predicted octanol–water partition coefficient (Wildman–Crippen LogP) is 2.77. The number of carbonyl (C=O) groups is 3. The molecule has 0 saturated carbocycles. The van der Waals surface area contributed by atoms with Gasteiger partial charge in [0.15, 0.2) is 0 Å². The first-order valence-electron chi connectivity index (χ1n) is 12.3. The number of ether oxygens (including phenoxy) is 1. The number of aliphatic carboxylic acids is 1. The van der Waals surface area contributed by atoms with E-state index in [0.29, 0.717) is 38.1 Å². The summed E-state index contributed by atoms with van der Waals surface area (Å²) in [7, 11) is 1.66. The molecule has 9 nitrogen and oxygen atoms in total. The number of unbranched alkanes of at least 4 members (excludes halogenated alkanes) is 1. The molecule has 9 heteroatoms. The third kappa shape index (κ3) is 9.07. The zero-order valence-corrected chi connectivity index (χ0v) is 21.1. The van der Waals surface area contributed by atoms with Crippen LogP contribution in [-0.4, -0.2) is 67.3 Å². The van der Waals surface area contributed by atoms with Gasteiger partial charge in [0.1, 0.15) is 19.1 Å². The monoisotopic (exact) mass is 498 g/mol. The SMILES string of the molecule is CCO[C@@H](CC(C=O)c1ccccc1)N[C@@H](CCCCN)C(=O)N(CC(=O)O)N(C)c1ccccc1. The molecule has 2 aromatic rings. The number of para-hydroxylation sites is 1. The molecule has 0 radical (unpaired) electrons. The molecular weight excluding hydrogens is 460 g/mol. The molecule has 0 aliphatic carbocycles. The summed E-state index contributed by atoms with van der Waals surface area (Å²) in [6.07, 6.45) is 2.45. The number of carboxylic acid groups (broad SMARTS) is 1. The second-order valence-corrected chi connectivity index (χ2v) is 8.49. The molecule has 1 unspecified atom stereocenters. The Balaban J connectivity index is 2.29. The number of nitrogens with two attached hydrogens (primary N) is 1. The number of anilines is 1. The summed E-state index contributed by atoms with van der Waals surface area (Å²) >= 11 is 0. The maximum atomic E-state index is 13.8. The molecule has 0 aromatic heterocycles. The quantitative estimate of drug-likeness (QED) is 0.132. The van der Waals surface area contributed by atoms with Crippen molar-refractivity contribution in [1.82, 2.24) is 10.3 Å². The highest BCUT2D eigenvalue weighted by Crippen LogP contribution is 2.21. The molecule has 36 heavy (non-hydrogen) atoms. The number of carboxylic acids is 1. The lowest BCUT2D eigenvalue weighted by Crippen LogP contribution is -2.56. The first kappa shape index (κ1) is 29.0. The highest BCUT2D eigenvalue weighted by atomic mass is 16.5. The van der Waals surface area contributed by atoms with E-state index in [1.165, 1.54) is 5.01 Å². The molecule has 0 spiro atoms. The number of aldehydes is 1. The van der Waals surface area contributed by atoms with E-state index in [-0.39, 0.29) is 0 Å². The summed E-state index contributed by atoms with van der Waals surface area (Å²) < 4.78 is 5.89. The first-order chi connectivity index (χ1) is 17.4. The summed E-state index contributed by atoms with van der Waals surface area (Å²) in [4.78, 5) is 37.3. The molecule has 0 saturated heterocycles. The van der Waals surface area contributed by atoms with Crippen molar-refractivity contribution in [2.24, 2.45) is 5.73 Å². The topological polar surface area (TPSA) is 125 Å². The van der Waals surface area contributed by atoms with Crippen molar-refractivity contribution >= 4 is 23.9 Å². The molecule has 2 rings (SSSR count). The molecule has 0 bridgehead atoms. The molecule has 1 amide bonds. The molecule has 2 aromatic carbocycles. The van der Waals surface area contributed by atoms with Gasteiger partial charge in [0.2, 0.25) is 0 Å². The fraction of sp³-hybridized carbons (Fsp3) is 0.444. The van der Waals surface area contributed by atoms with Crippen LogP contribution in [0.3, 0.4) is 0 Å². The van der Waals surface area contributed by atoms with Crippen LogP contribution in [0.25, 0.3) is 0 Å². The summed E-state index contributed by atoms with van der Waals surface area (Å²) in [6.45, 7) is 2.21. The molecule has 0 heterocycles. The number of hydrogen-bond acceptors (Lipinski definition) is 7. The zero-order chi connectivity index (χ0) is 26.3. The van der Waals surface area contributed by atoms with Crippen LogP contribution in [0.2, 0.25) is 0 Å². The molecule has 196 valence electrons. The van der Waals surface area contributed by atoms with Crippen molar-refractivity contribution in [2.45, 2.75) is 50.8 Å². The van der Waals surface area contributed by atoms with Gasteiger partial charge in [0.05, 0.1) is 11.7 Å². The number of amides is 1. The van der Waals surface area contributed by atoms with Crippen molar-refractivity contribution in [1.29, 1.82) is 0 Å². The summed E-state index contributed by atoms with van der Waals surface area (Å²) in [6, 6.07) is 17.8. The molecule has 0 fully saturated rings. The van der Waals surface area contributed by atoms with Gasteiger partial charge in [-0.25, -0.2) is 5.01 Å². The van der Waals surface area contributed by atoms with Crippen LogP contribution < -0.4 is 16.1 Å². The third-order valence-electron chi connectivity index (χ3n) is 5.89. The van der Waals surface area contributed by atoms with Gasteiger partial charge in [-0.05, 0) is 44.0 Å². The van der Waals surface area contributed by atoms with Crippen LogP contribution in [0.5, 0.6) is 0 Å². The average molecular weight is 499 g/mol. The van der Waals surface area contributed by atoms with Crippen molar-refractivity contribution < 1.29 is 24.2 Å². The fourth-order valence-electron chi connectivity index (χ4n) is 4.00. The number of nitrogens with zero attached hydrogens (tertiary/aromatic N) is 2. The molecule has 0 aliphatic rings. The van der Waals surface area contributed by atoms with Gasteiger partial charge in [-0.2, -0.15) is 0 Å². The Bertz CT molecular complexity index is 928.